The second kappa shape index (κ2) is 5.03. The van der Waals surface area contributed by atoms with Gasteiger partial charge in [0.1, 0.15) is 0 Å². The van der Waals surface area contributed by atoms with Crippen LogP contribution in [0.1, 0.15) is 18.9 Å². The van der Waals surface area contributed by atoms with Crippen LogP contribution in [0.5, 0.6) is 5.75 Å². The fourth-order valence-electron chi connectivity index (χ4n) is 1.78. The normalized spacial score (nSPS) is 10.9. The molecule has 0 bridgehead atoms. The first-order valence-electron chi connectivity index (χ1n) is 5.60. The van der Waals surface area contributed by atoms with Gasteiger partial charge in [-0.2, -0.15) is 0 Å². The van der Waals surface area contributed by atoms with Gasteiger partial charge in [0.15, 0.2) is 11.3 Å². The van der Waals surface area contributed by atoms with Gasteiger partial charge in [-0.05, 0) is 19.0 Å². The zero-order valence-electron chi connectivity index (χ0n) is 9.75. The Hall–Kier alpha value is -1.48. The van der Waals surface area contributed by atoms with E-state index in [-0.39, 0.29) is 0 Å². The zero-order valence-corrected chi connectivity index (χ0v) is 9.75. The highest BCUT2D eigenvalue weighted by atomic mass is 16.5. The molecule has 1 heterocycles. The number of furan rings is 1. The van der Waals surface area contributed by atoms with Crippen LogP contribution in [0.15, 0.2) is 28.9 Å². The third kappa shape index (κ3) is 2.04. The van der Waals surface area contributed by atoms with Gasteiger partial charge < -0.3 is 14.5 Å². The molecule has 0 atom stereocenters. The number of methoxy groups -OCH3 is 1. The van der Waals surface area contributed by atoms with Crippen molar-refractivity contribution in [2.45, 2.75) is 19.9 Å². The highest BCUT2D eigenvalue weighted by Crippen LogP contribution is 2.29. The van der Waals surface area contributed by atoms with Crippen LogP contribution in [0, 0.1) is 0 Å². The van der Waals surface area contributed by atoms with Crippen LogP contribution in [0.25, 0.3) is 11.0 Å². The molecule has 3 heteroatoms. The van der Waals surface area contributed by atoms with Crippen molar-refractivity contribution in [1.82, 2.24) is 5.32 Å². The van der Waals surface area contributed by atoms with Crippen LogP contribution < -0.4 is 10.1 Å². The smallest absolute Gasteiger partial charge is 0.176 e. The molecule has 0 amide bonds. The Labute approximate surface area is 95.4 Å². The van der Waals surface area contributed by atoms with E-state index in [9.17, 15) is 0 Å². The largest absolute Gasteiger partial charge is 0.493 e. The molecule has 0 spiro atoms. The Morgan fingerprint density at radius 1 is 1.38 bits per heavy atom. The average Bonchev–Trinajstić information content (AvgIpc) is 2.73. The van der Waals surface area contributed by atoms with E-state index in [0.29, 0.717) is 0 Å². The van der Waals surface area contributed by atoms with Crippen LogP contribution in [-0.4, -0.2) is 13.7 Å². The molecule has 2 aromatic rings. The number of hydrogen-bond donors (Lipinski definition) is 1. The number of hydrogen-bond acceptors (Lipinski definition) is 3. The van der Waals surface area contributed by atoms with E-state index in [4.69, 9.17) is 9.15 Å². The third-order valence-electron chi connectivity index (χ3n) is 2.61. The first-order chi connectivity index (χ1) is 7.86. The van der Waals surface area contributed by atoms with Crippen LogP contribution in [0.4, 0.5) is 0 Å². The van der Waals surface area contributed by atoms with Crippen molar-refractivity contribution in [2.75, 3.05) is 13.7 Å². The predicted molar refractivity (Wildman–Crippen MR) is 64.8 cm³/mol. The topological polar surface area (TPSA) is 34.4 Å². The Morgan fingerprint density at radius 2 is 2.25 bits per heavy atom. The summed E-state index contributed by atoms with van der Waals surface area (Å²) in [6.45, 7) is 4.02. The average molecular weight is 219 g/mol. The van der Waals surface area contributed by atoms with Crippen molar-refractivity contribution in [1.29, 1.82) is 0 Å². The van der Waals surface area contributed by atoms with Gasteiger partial charge in [-0.15, -0.1) is 0 Å². The first-order valence-corrected chi connectivity index (χ1v) is 5.60. The molecular weight excluding hydrogens is 202 g/mol. The summed E-state index contributed by atoms with van der Waals surface area (Å²) in [4.78, 5) is 0. The van der Waals surface area contributed by atoms with E-state index in [0.717, 1.165) is 36.2 Å². The Bertz CT molecular complexity index is 462. The van der Waals surface area contributed by atoms with Crippen LogP contribution in [0.2, 0.25) is 0 Å². The number of fused-ring (bicyclic) bond motifs is 1. The maximum absolute atomic E-state index is 5.54. The van der Waals surface area contributed by atoms with Gasteiger partial charge in [-0.1, -0.05) is 19.1 Å². The minimum atomic E-state index is 0.791. The van der Waals surface area contributed by atoms with E-state index in [1.807, 2.05) is 12.1 Å². The van der Waals surface area contributed by atoms with Gasteiger partial charge >= 0.3 is 0 Å². The van der Waals surface area contributed by atoms with Crippen LogP contribution >= 0.6 is 0 Å². The fourth-order valence-corrected chi connectivity index (χ4v) is 1.78. The summed E-state index contributed by atoms with van der Waals surface area (Å²) in [7, 11) is 1.66. The monoisotopic (exact) mass is 219 g/mol. The van der Waals surface area contributed by atoms with Crippen LogP contribution in [-0.2, 0) is 6.54 Å². The van der Waals surface area contributed by atoms with Gasteiger partial charge in [-0.3, -0.25) is 0 Å². The van der Waals surface area contributed by atoms with Crippen molar-refractivity contribution in [2.24, 2.45) is 0 Å². The lowest BCUT2D eigenvalue weighted by molar-refractivity contribution is 0.410. The highest BCUT2D eigenvalue weighted by Gasteiger charge is 2.09. The molecule has 86 valence electrons. The van der Waals surface area contributed by atoms with E-state index in [1.165, 1.54) is 5.56 Å². The molecule has 1 aromatic carbocycles. The molecule has 1 N–H and O–H groups in total. The molecule has 1 aromatic heterocycles. The maximum Gasteiger partial charge on any atom is 0.176 e. The highest BCUT2D eigenvalue weighted by molar-refractivity contribution is 5.86. The number of ether oxygens (including phenoxy) is 1. The molecule has 0 aliphatic heterocycles. The second-order valence-electron chi connectivity index (χ2n) is 3.77. The number of benzene rings is 1. The fraction of sp³-hybridized carbons (Fsp3) is 0.385. The summed E-state index contributed by atoms with van der Waals surface area (Å²) >= 11 is 0. The van der Waals surface area contributed by atoms with E-state index < -0.39 is 0 Å². The summed E-state index contributed by atoms with van der Waals surface area (Å²) in [5.74, 6) is 0.791. The van der Waals surface area contributed by atoms with Crippen molar-refractivity contribution >= 4 is 11.0 Å². The Balaban J connectivity index is 2.27. The van der Waals surface area contributed by atoms with Gasteiger partial charge in [0.05, 0.1) is 13.4 Å². The predicted octanol–water partition coefficient (Wildman–Crippen LogP) is 2.94. The summed E-state index contributed by atoms with van der Waals surface area (Å²) in [5.41, 5.74) is 2.01. The molecule has 0 unspecified atom stereocenters. The molecule has 0 aliphatic rings. The van der Waals surface area contributed by atoms with Gasteiger partial charge in [-0.25, -0.2) is 0 Å². The Morgan fingerprint density at radius 3 is 3.00 bits per heavy atom. The second-order valence-corrected chi connectivity index (χ2v) is 3.77. The number of para-hydroxylation sites is 1. The van der Waals surface area contributed by atoms with Gasteiger partial charge in [0, 0.05) is 17.5 Å². The summed E-state index contributed by atoms with van der Waals surface area (Å²) < 4.78 is 10.8. The molecule has 16 heavy (non-hydrogen) atoms. The van der Waals surface area contributed by atoms with E-state index >= 15 is 0 Å². The minimum absolute atomic E-state index is 0.791. The number of nitrogens with one attached hydrogen (secondary N) is 1. The molecule has 0 fully saturated rings. The SMILES string of the molecule is CCCNCc1coc2c(OC)cccc12. The molecule has 0 saturated heterocycles. The standard InChI is InChI=1S/C13H17NO2/c1-3-7-14-8-10-9-16-13-11(10)5-4-6-12(13)15-2/h4-6,9,14H,3,7-8H2,1-2H3. The van der Waals surface area contributed by atoms with E-state index in [1.54, 1.807) is 13.4 Å². The molecule has 0 aliphatic carbocycles. The van der Waals surface area contributed by atoms with Crippen molar-refractivity contribution in [3.63, 3.8) is 0 Å². The lowest BCUT2D eigenvalue weighted by Crippen LogP contribution is -2.13. The van der Waals surface area contributed by atoms with Crippen molar-refractivity contribution in [3.05, 3.63) is 30.0 Å². The molecule has 2 rings (SSSR count). The maximum atomic E-state index is 5.54. The zero-order chi connectivity index (χ0) is 11.4. The lowest BCUT2D eigenvalue weighted by atomic mass is 10.1. The molecule has 3 nitrogen and oxygen atoms in total. The van der Waals surface area contributed by atoms with Gasteiger partial charge in [0.2, 0.25) is 0 Å². The van der Waals surface area contributed by atoms with Crippen LogP contribution in [0.3, 0.4) is 0 Å². The van der Waals surface area contributed by atoms with Crippen molar-refractivity contribution in [3.8, 4) is 5.75 Å². The minimum Gasteiger partial charge on any atom is -0.493 e. The first kappa shape index (κ1) is 11.0. The third-order valence-corrected chi connectivity index (χ3v) is 2.61. The molecule has 0 saturated carbocycles. The van der Waals surface area contributed by atoms with Gasteiger partial charge in [0.25, 0.3) is 0 Å². The van der Waals surface area contributed by atoms with Crippen molar-refractivity contribution < 1.29 is 9.15 Å². The quantitative estimate of drug-likeness (QED) is 0.785. The molecule has 0 radical (unpaired) electrons. The molecular formula is C13H17NO2. The number of rotatable bonds is 5. The lowest BCUT2D eigenvalue weighted by Gasteiger charge is -2.02. The summed E-state index contributed by atoms with van der Waals surface area (Å²) in [6.07, 6.45) is 2.94. The Kier molecular flexibility index (Phi) is 3.47. The van der Waals surface area contributed by atoms with E-state index in [2.05, 4.69) is 18.3 Å². The summed E-state index contributed by atoms with van der Waals surface area (Å²) in [5, 5.41) is 4.49. The summed E-state index contributed by atoms with van der Waals surface area (Å²) in [6, 6.07) is 5.96.